The average Bonchev–Trinajstić information content (AvgIpc) is 2.46. The van der Waals surface area contributed by atoms with Crippen molar-refractivity contribution in [2.45, 2.75) is 20.0 Å². The number of benzene rings is 1. The molecule has 1 aromatic carbocycles. The zero-order valence-electron chi connectivity index (χ0n) is 13.1. The van der Waals surface area contributed by atoms with E-state index in [9.17, 15) is 9.59 Å². The van der Waals surface area contributed by atoms with Gasteiger partial charge in [-0.3, -0.25) is 14.5 Å². The van der Waals surface area contributed by atoms with Gasteiger partial charge in [0.05, 0.1) is 6.54 Å². The maximum atomic E-state index is 12.4. The van der Waals surface area contributed by atoms with Crippen molar-refractivity contribution in [1.29, 1.82) is 0 Å². The minimum absolute atomic E-state index is 0.0276. The summed E-state index contributed by atoms with van der Waals surface area (Å²) < 4.78 is 5.72. The van der Waals surface area contributed by atoms with Gasteiger partial charge in [-0.2, -0.15) is 0 Å². The second-order valence-corrected chi connectivity index (χ2v) is 5.64. The molecule has 6 nitrogen and oxygen atoms in total. The summed E-state index contributed by atoms with van der Waals surface area (Å²) in [4.78, 5) is 27.0. The number of rotatable bonds is 5. The molecular weight excluding hydrogens is 282 g/mol. The Morgan fingerprint density at radius 3 is 2.55 bits per heavy atom. The Hall–Kier alpha value is -2.08. The van der Waals surface area contributed by atoms with E-state index in [-0.39, 0.29) is 18.4 Å². The third kappa shape index (κ3) is 4.46. The predicted molar refractivity (Wildman–Crippen MR) is 83.5 cm³/mol. The van der Waals surface area contributed by atoms with Crippen LogP contribution in [0.3, 0.4) is 0 Å². The van der Waals surface area contributed by atoms with Gasteiger partial charge < -0.3 is 15.4 Å². The lowest BCUT2D eigenvalue weighted by atomic mass is 10.2. The minimum atomic E-state index is -0.524. The number of nitrogens with two attached hydrogens (primary N) is 1. The van der Waals surface area contributed by atoms with Gasteiger partial charge in [0, 0.05) is 26.2 Å². The van der Waals surface area contributed by atoms with Gasteiger partial charge in [-0.15, -0.1) is 0 Å². The minimum Gasteiger partial charge on any atom is -0.481 e. The number of carbonyl (C=O) groups excluding carboxylic acids is 2. The molecule has 1 heterocycles. The van der Waals surface area contributed by atoms with Crippen molar-refractivity contribution >= 4 is 11.8 Å². The number of carbonyl (C=O) groups is 2. The number of ether oxygens (including phenoxy) is 1. The van der Waals surface area contributed by atoms with Gasteiger partial charge in [-0.1, -0.05) is 12.1 Å². The Morgan fingerprint density at radius 1 is 1.27 bits per heavy atom. The van der Waals surface area contributed by atoms with E-state index in [2.05, 4.69) is 0 Å². The summed E-state index contributed by atoms with van der Waals surface area (Å²) in [5.74, 6) is 0.337. The number of primary amides is 1. The van der Waals surface area contributed by atoms with E-state index in [4.69, 9.17) is 10.5 Å². The molecule has 0 bridgehead atoms. The molecule has 1 saturated heterocycles. The summed E-state index contributed by atoms with van der Waals surface area (Å²) >= 11 is 0. The maximum absolute atomic E-state index is 12.4. The largest absolute Gasteiger partial charge is 0.481 e. The highest BCUT2D eigenvalue weighted by atomic mass is 16.5. The average molecular weight is 305 g/mol. The fourth-order valence-electron chi connectivity index (χ4n) is 2.55. The number of piperazine rings is 1. The van der Waals surface area contributed by atoms with Crippen LogP contribution in [0.2, 0.25) is 0 Å². The number of aryl methyl sites for hydroxylation is 1. The normalized spacial score (nSPS) is 17.1. The Morgan fingerprint density at radius 2 is 1.95 bits per heavy atom. The van der Waals surface area contributed by atoms with Crippen LogP contribution in [0.4, 0.5) is 0 Å². The highest BCUT2D eigenvalue weighted by Gasteiger charge is 2.26. The molecular formula is C16H23N3O3. The summed E-state index contributed by atoms with van der Waals surface area (Å²) in [6, 6.07) is 7.65. The first-order valence-corrected chi connectivity index (χ1v) is 7.48. The SMILES string of the molecule is Cc1cccc(OC(C)C(=O)N2CCN(CC(N)=O)CC2)c1. The van der Waals surface area contributed by atoms with Gasteiger partial charge in [0.25, 0.3) is 5.91 Å². The molecule has 0 aliphatic carbocycles. The van der Waals surface area contributed by atoms with E-state index in [0.29, 0.717) is 31.9 Å². The van der Waals surface area contributed by atoms with E-state index in [1.165, 1.54) is 0 Å². The molecule has 1 atom stereocenters. The zero-order chi connectivity index (χ0) is 16.1. The summed E-state index contributed by atoms with van der Waals surface area (Å²) in [7, 11) is 0. The van der Waals surface area contributed by atoms with Crippen molar-refractivity contribution in [3.63, 3.8) is 0 Å². The molecule has 1 unspecified atom stereocenters. The Balaban J connectivity index is 1.85. The van der Waals surface area contributed by atoms with Gasteiger partial charge in [-0.25, -0.2) is 0 Å². The quantitative estimate of drug-likeness (QED) is 0.854. The lowest BCUT2D eigenvalue weighted by Crippen LogP contribution is -2.53. The van der Waals surface area contributed by atoms with Crippen molar-refractivity contribution in [3.8, 4) is 5.75 Å². The molecule has 22 heavy (non-hydrogen) atoms. The first kappa shape index (κ1) is 16.3. The van der Waals surface area contributed by atoms with Crippen LogP contribution >= 0.6 is 0 Å². The number of nitrogens with zero attached hydrogens (tertiary/aromatic N) is 2. The van der Waals surface area contributed by atoms with Crippen molar-refractivity contribution in [2.24, 2.45) is 5.73 Å². The van der Waals surface area contributed by atoms with Crippen molar-refractivity contribution in [1.82, 2.24) is 9.80 Å². The van der Waals surface area contributed by atoms with Gasteiger partial charge in [0.2, 0.25) is 5.91 Å². The molecule has 0 saturated carbocycles. The van der Waals surface area contributed by atoms with Gasteiger partial charge >= 0.3 is 0 Å². The molecule has 0 spiro atoms. The van der Waals surface area contributed by atoms with Crippen LogP contribution in [-0.4, -0.2) is 60.4 Å². The van der Waals surface area contributed by atoms with Crippen LogP contribution < -0.4 is 10.5 Å². The van der Waals surface area contributed by atoms with Gasteiger partial charge in [-0.05, 0) is 31.5 Å². The molecule has 0 aromatic heterocycles. The van der Waals surface area contributed by atoms with E-state index >= 15 is 0 Å². The molecule has 1 aliphatic heterocycles. The standard InChI is InChI=1S/C16H23N3O3/c1-12-4-3-5-14(10-12)22-13(2)16(21)19-8-6-18(7-9-19)11-15(17)20/h3-5,10,13H,6-9,11H2,1-2H3,(H2,17,20). The first-order chi connectivity index (χ1) is 10.5. The molecule has 2 N–H and O–H groups in total. The summed E-state index contributed by atoms with van der Waals surface area (Å²) in [5.41, 5.74) is 6.28. The summed E-state index contributed by atoms with van der Waals surface area (Å²) in [6.07, 6.45) is -0.524. The van der Waals surface area contributed by atoms with E-state index in [1.807, 2.05) is 36.1 Å². The van der Waals surface area contributed by atoms with E-state index in [1.54, 1.807) is 11.8 Å². The van der Waals surface area contributed by atoms with Crippen LogP contribution in [0.15, 0.2) is 24.3 Å². The molecule has 120 valence electrons. The second-order valence-electron chi connectivity index (χ2n) is 5.64. The van der Waals surface area contributed by atoms with Crippen molar-refractivity contribution in [2.75, 3.05) is 32.7 Å². The van der Waals surface area contributed by atoms with Crippen LogP contribution in [0.25, 0.3) is 0 Å². The second kappa shape index (κ2) is 7.26. The molecule has 1 fully saturated rings. The Bertz CT molecular complexity index is 539. The molecule has 0 radical (unpaired) electrons. The molecule has 6 heteroatoms. The molecule has 1 aromatic rings. The highest BCUT2D eigenvalue weighted by molar-refractivity contribution is 5.81. The fraction of sp³-hybridized carbons (Fsp3) is 0.500. The number of amides is 2. The first-order valence-electron chi connectivity index (χ1n) is 7.48. The summed E-state index contributed by atoms with van der Waals surface area (Å²) in [5, 5.41) is 0. The molecule has 1 aliphatic rings. The zero-order valence-corrected chi connectivity index (χ0v) is 13.1. The van der Waals surface area contributed by atoms with Crippen LogP contribution in [0.1, 0.15) is 12.5 Å². The maximum Gasteiger partial charge on any atom is 0.263 e. The number of hydrogen-bond donors (Lipinski definition) is 1. The monoisotopic (exact) mass is 305 g/mol. The number of hydrogen-bond acceptors (Lipinski definition) is 4. The summed E-state index contributed by atoms with van der Waals surface area (Å²) in [6.45, 7) is 6.49. The third-order valence-corrected chi connectivity index (χ3v) is 3.71. The third-order valence-electron chi connectivity index (χ3n) is 3.71. The fourth-order valence-corrected chi connectivity index (χ4v) is 2.55. The lowest BCUT2D eigenvalue weighted by molar-refractivity contribution is -0.139. The highest BCUT2D eigenvalue weighted by Crippen LogP contribution is 2.15. The Kier molecular flexibility index (Phi) is 5.38. The topological polar surface area (TPSA) is 75.9 Å². The van der Waals surface area contributed by atoms with Gasteiger partial charge in [0.1, 0.15) is 5.75 Å². The molecule has 2 rings (SSSR count). The van der Waals surface area contributed by atoms with Crippen LogP contribution in [0.5, 0.6) is 5.75 Å². The van der Waals surface area contributed by atoms with E-state index < -0.39 is 6.10 Å². The van der Waals surface area contributed by atoms with E-state index in [0.717, 1.165) is 5.56 Å². The lowest BCUT2D eigenvalue weighted by Gasteiger charge is -2.35. The Labute approximate surface area is 130 Å². The van der Waals surface area contributed by atoms with Gasteiger partial charge in [0.15, 0.2) is 6.10 Å². The van der Waals surface area contributed by atoms with Crippen molar-refractivity contribution < 1.29 is 14.3 Å². The predicted octanol–water partition coefficient (Wildman–Crippen LogP) is 0.392. The van der Waals surface area contributed by atoms with Crippen molar-refractivity contribution in [3.05, 3.63) is 29.8 Å². The van der Waals surface area contributed by atoms with Crippen LogP contribution in [0, 0.1) is 6.92 Å². The molecule has 2 amide bonds. The smallest absolute Gasteiger partial charge is 0.263 e. The van der Waals surface area contributed by atoms with Crippen LogP contribution in [-0.2, 0) is 9.59 Å².